The summed E-state index contributed by atoms with van der Waals surface area (Å²) in [5.74, 6) is -0.0333. The first-order valence-corrected chi connectivity index (χ1v) is 6.51. The second-order valence-electron chi connectivity index (χ2n) is 4.62. The van der Waals surface area contributed by atoms with Gasteiger partial charge in [0.25, 0.3) is 5.56 Å². The van der Waals surface area contributed by atoms with E-state index < -0.39 is 0 Å². The number of fused-ring (bicyclic) bond motifs is 1. The predicted octanol–water partition coefficient (Wildman–Crippen LogP) is 2.64. The van der Waals surface area contributed by atoms with Gasteiger partial charge < -0.3 is 5.32 Å². The normalized spacial score (nSPS) is 10.5. The van der Waals surface area contributed by atoms with E-state index in [0.29, 0.717) is 5.65 Å². The summed E-state index contributed by atoms with van der Waals surface area (Å²) < 4.78 is 1.37. The number of carbonyl (C=O) groups is 1. The Morgan fingerprint density at radius 2 is 1.81 bits per heavy atom. The van der Waals surface area contributed by atoms with Crippen molar-refractivity contribution in [2.75, 3.05) is 5.32 Å². The maximum atomic E-state index is 12.4. The monoisotopic (exact) mass is 279 g/mol. The third-order valence-corrected chi connectivity index (χ3v) is 3.12. The molecule has 5 heteroatoms. The van der Waals surface area contributed by atoms with Gasteiger partial charge in [0.1, 0.15) is 17.0 Å². The Kier molecular flexibility index (Phi) is 3.23. The lowest BCUT2D eigenvalue weighted by atomic mass is 10.2. The van der Waals surface area contributed by atoms with Crippen LogP contribution in [0.2, 0.25) is 0 Å². The molecule has 2 aromatic heterocycles. The highest BCUT2D eigenvalue weighted by Crippen LogP contribution is 2.17. The number of para-hydroxylation sites is 1. The van der Waals surface area contributed by atoms with Crippen LogP contribution in [0.4, 0.5) is 11.5 Å². The zero-order valence-electron chi connectivity index (χ0n) is 11.4. The van der Waals surface area contributed by atoms with E-state index in [4.69, 9.17) is 0 Å². The molecule has 3 aromatic rings. The van der Waals surface area contributed by atoms with Crippen molar-refractivity contribution in [3.63, 3.8) is 0 Å². The maximum Gasteiger partial charge on any atom is 0.270 e. The molecule has 104 valence electrons. The molecule has 0 aliphatic heterocycles. The average molecular weight is 279 g/mol. The maximum absolute atomic E-state index is 12.4. The van der Waals surface area contributed by atoms with E-state index in [2.05, 4.69) is 10.3 Å². The summed E-state index contributed by atoms with van der Waals surface area (Å²) in [4.78, 5) is 28.7. The number of carbonyl (C=O) groups excluding carboxylic acids is 1. The first-order chi connectivity index (χ1) is 10.2. The van der Waals surface area contributed by atoms with Crippen LogP contribution in [0.5, 0.6) is 0 Å². The van der Waals surface area contributed by atoms with Crippen LogP contribution in [0, 0.1) is 0 Å². The van der Waals surface area contributed by atoms with Crippen molar-refractivity contribution in [1.82, 2.24) is 9.38 Å². The second-order valence-corrected chi connectivity index (χ2v) is 4.62. The lowest BCUT2D eigenvalue weighted by molar-refractivity contribution is 0.101. The number of rotatable bonds is 3. The Morgan fingerprint density at radius 3 is 2.52 bits per heavy atom. The van der Waals surface area contributed by atoms with E-state index in [-0.39, 0.29) is 22.7 Å². The van der Waals surface area contributed by atoms with Crippen LogP contribution in [-0.4, -0.2) is 15.2 Å². The number of ketones is 1. The van der Waals surface area contributed by atoms with Gasteiger partial charge in [-0.3, -0.25) is 14.0 Å². The highest BCUT2D eigenvalue weighted by molar-refractivity contribution is 5.99. The molecule has 5 nitrogen and oxygen atoms in total. The first kappa shape index (κ1) is 13.1. The summed E-state index contributed by atoms with van der Waals surface area (Å²) in [6.07, 6.45) is 1.60. The molecule has 2 heterocycles. The topological polar surface area (TPSA) is 63.5 Å². The van der Waals surface area contributed by atoms with Crippen LogP contribution in [0.1, 0.15) is 17.3 Å². The number of benzene rings is 1. The van der Waals surface area contributed by atoms with Crippen molar-refractivity contribution < 1.29 is 4.79 Å². The van der Waals surface area contributed by atoms with E-state index >= 15 is 0 Å². The number of nitrogens with zero attached hydrogens (tertiary/aromatic N) is 2. The third kappa shape index (κ3) is 2.41. The van der Waals surface area contributed by atoms with Crippen molar-refractivity contribution in [3.8, 4) is 0 Å². The Bertz CT molecular complexity index is 870. The molecule has 0 spiro atoms. The standard InChI is InChI=1S/C16H13N3O2/c1-11(20)14-15(17-12-7-3-2-4-8-12)18-13-9-5-6-10-19(13)16(14)21/h2-10,17H,1H3. The van der Waals surface area contributed by atoms with E-state index in [1.165, 1.54) is 11.3 Å². The Labute approximate surface area is 120 Å². The van der Waals surface area contributed by atoms with Gasteiger partial charge in [0, 0.05) is 11.9 Å². The molecular formula is C16H13N3O2. The van der Waals surface area contributed by atoms with E-state index in [1.54, 1.807) is 24.4 Å². The lowest BCUT2D eigenvalue weighted by Crippen LogP contribution is -2.24. The Balaban J connectivity index is 2.23. The molecule has 0 saturated carbocycles. The van der Waals surface area contributed by atoms with Gasteiger partial charge in [-0.1, -0.05) is 24.3 Å². The second kappa shape index (κ2) is 5.20. The molecule has 3 rings (SSSR count). The predicted molar refractivity (Wildman–Crippen MR) is 81.2 cm³/mol. The van der Waals surface area contributed by atoms with Crippen LogP contribution in [0.3, 0.4) is 0 Å². The Morgan fingerprint density at radius 1 is 1.10 bits per heavy atom. The summed E-state index contributed by atoms with van der Waals surface area (Å²) in [7, 11) is 0. The van der Waals surface area contributed by atoms with Crippen molar-refractivity contribution in [1.29, 1.82) is 0 Å². The molecule has 0 aliphatic carbocycles. The van der Waals surface area contributed by atoms with Crippen LogP contribution < -0.4 is 10.9 Å². The number of hydrogen-bond acceptors (Lipinski definition) is 4. The number of pyridine rings is 1. The van der Waals surface area contributed by atoms with Gasteiger partial charge in [0.15, 0.2) is 5.78 Å². The molecule has 0 atom stereocenters. The molecule has 21 heavy (non-hydrogen) atoms. The minimum absolute atomic E-state index is 0.0579. The average Bonchev–Trinajstić information content (AvgIpc) is 2.48. The van der Waals surface area contributed by atoms with Crippen LogP contribution in [0.15, 0.2) is 59.5 Å². The fraction of sp³-hybridized carbons (Fsp3) is 0.0625. The van der Waals surface area contributed by atoms with Gasteiger partial charge in [0.05, 0.1) is 0 Å². The molecule has 0 radical (unpaired) electrons. The van der Waals surface area contributed by atoms with Crippen molar-refractivity contribution in [2.45, 2.75) is 6.92 Å². The van der Waals surface area contributed by atoms with Crippen molar-refractivity contribution >= 4 is 22.9 Å². The lowest BCUT2D eigenvalue weighted by Gasteiger charge is -2.10. The Hall–Kier alpha value is -2.95. The largest absolute Gasteiger partial charge is 0.339 e. The SMILES string of the molecule is CC(=O)c1c(Nc2ccccc2)nc2ccccn2c1=O. The highest BCUT2D eigenvalue weighted by atomic mass is 16.1. The molecule has 0 bridgehead atoms. The quantitative estimate of drug-likeness (QED) is 0.749. The van der Waals surface area contributed by atoms with Gasteiger partial charge in [0.2, 0.25) is 0 Å². The minimum Gasteiger partial charge on any atom is -0.339 e. The number of Topliss-reactive ketones (excluding diaryl/α,β-unsaturated/α-hetero) is 1. The number of anilines is 2. The molecule has 0 aliphatic rings. The number of aromatic nitrogens is 2. The number of nitrogens with one attached hydrogen (secondary N) is 1. The summed E-state index contributed by atoms with van der Waals surface area (Å²) in [5, 5.41) is 3.04. The molecule has 1 aromatic carbocycles. The third-order valence-electron chi connectivity index (χ3n) is 3.12. The van der Waals surface area contributed by atoms with Crippen LogP contribution >= 0.6 is 0 Å². The van der Waals surface area contributed by atoms with Gasteiger partial charge in [-0.05, 0) is 31.2 Å². The van der Waals surface area contributed by atoms with Crippen molar-refractivity contribution in [3.05, 3.63) is 70.6 Å². The molecule has 0 fully saturated rings. The van der Waals surface area contributed by atoms with Crippen LogP contribution in [-0.2, 0) is 0 Å². The van der Waals surface area contributed by atoms with Gasteiger partial charge >= 0.3 is 0 Å². The molecule has 0 unspecified atom stereocenters. The summed E-state index contributed by atoms with van der Waals surface area (Å²) in [6.45, 7) is 1.36. The molecule has 0 amide bonds. The first-order valence-electron chi connectivity index (χ1n) is 6.51. The minimum atomic E-state index is -0.369. The summed E-state index contributed by atoms with van der Waals surface area (Å²) >= 11 is 0. The van der Waals surface area contributed by atoms with Gasteiger partial charge in [-0.25, -0.2) is 4.98 Å². The number of hydrogen-bond donors (Lipinski definition) is 1. The fourth-order valence-electron chi connectivity index (χ4n) is 2.16. The van der Waals surface area contributed by atoms with Gasteiger partial charge in [-0.2, -0.15) is 0 Å². The zero-order chi connectivity index (χ0) is 14.8. The van der Waals surface area contributed by atoms with E-state index in [0.717, 1.165) is 5.69 Å². The summed E-state index contributed by atoms with van der Waals surface area (Å²) in [5.41, 5.74) is 0.951. The molecular weight excluding hydrogens is 266 g/mol. The summed E-state index contributed by atoms with van der Waals surface area (Å²) in [6, 6.07) is 14.6. The van der Waals surface area contributed by atoms with E-state index in [1.807, 2.05) is 30.3 Å². The fourth-order valence-corrected chi connectivity index (χ4v) is 2.16. The zero-order valence-corrected chi connectivity index (χ0v) is 11.4. The van der Waals surface area contributed by atoms with Crippen molar-refractivity contribution in [2.24, 2.45) is 0 Å². The van der Waals surface area contributed by atoms with E-state index in [9.17, 15) is 9.59 Å². The molecule has 0 saturated heterocycles. The van der Waals surface area contributed by atoms with Gasteiger partial charge in [-0.15, -0.1) is 0 Å². The highest BCUT2D eigenvalue weighted by Gasteiger charge is 2.16. The smallest absolute Gasteiger partial charge is 0.270 e. The van der Waals surface area contributed by atoms with Crippen LogP contribution in [0.25, 0.3) is 5.65 Å². The molecule has 1 N–H and O–H groups in total.